The molecule has 4 nitrogen and oxygen atoms in total. The van der Waals surface area contributed by atoms with Crippen LogP contribution in [0.3, 0.4) is 0 Å². The molecule has 0 atom stereocenters. The Morgan fingerprint density at radius 3 is 2.88 bits per heavy atom. The molecule has 0 radical (unpaired) electrons. The maximum Gasteiger partial charge on any atom is 0.137 e. The van der Waals surface area contributed by atoms with Gasteiger partial charge in [0.1, 0.15) is 5.76 Å². The lowest BCUT2D eigenvalue weighted by molar-refractivity contribution is 0.392. The molecule has 2 aromatic rings. The topological polar surface area (TPSA) is 64.9 Å². The SMILES string of the molecule is Cc1noc(C)c1CSc1ccncc1N. The zero-order valence-corrected chi connectivity index (χ0v) is 10.0. The monoisotopic (exact) mass is 235 g/mol. The second-order valence-corrected chi connectivity index (χ2v) is 4.52. The fraction of sp³-hybridized carbons (Fsp3) is 0.273. The summed E-state index contributed by atoms with van der Waals surface area (Å²) in [4.78, 5) is 4.99. The van der Waals surface area contributed by atoms with Crippen molar-refractivity contribution in [3.05, 3.63) is 35.5 Å². The summed E-state index contributed by atoms with van der Waals surface area (Å²) in [7, 11) is 0. The third kappa shape index (κ3) is 2.19. The van der Waals surface area contributed by atoms with Gasteiger partial charge in [0.15, 0.2) is 0 Å². The Balaban J connectivity index is 2.11. The van der Waals surface area contributed by atoms with E-state index in [2.05, 4.69) is 10.1 Å². The van der Waals surface area contributed by atoms with Gasteiger partial charge in [-0.2, -0.15) is 0 Å². The Labute approximate surface area is 98.2 Å². The number of hydrogen-bond acceptors (Lipinski definition) is 5. The molecule has 0 saturated heterocycles. The van der Waals surface area contributed by atoms with Crippen molar-refractivity contribution in [2.45, 2.75) is 24.5 Å². The van der Waals surface area contributed by atoms with Crippen molar-refractivity contribution in [1.82, 2.24) is 10.1 Å². The molecule has 0 amide bonds. The fourth-order valence-electron chi connectivity index (χ4n) is 1.38. The Morgan fingerprint density at radius 1 is 1.44 bits per heavy atom. The maximum atomic E-state index is 5.81. The first kappa shape index (κ1) is 11.0. The van der Waals surface area contributed by atoms with Crippen LogP contribution < -0.4 is 5.73 Å². The lowest BCUT2D eigenvalue weighted by atomic mass is 10.2. The summed E-state index contributed by atoms with van der Waals surface area (Å²) in [6, 6.07) is 1.91. The second-order valence-electron chi connectivity index (χ2n) is 3.50. The summed E-state index contributed by atoms with van der Waals surface area (Å²) in [5, 5.41) is 3.92. The van der Waals surface area contributed by atoms with Crippen molar-refractivity contribution in [3.63, 3.8) is 0 Å². The standard InChI is InChI=1S/C11H13N3OS/c1-7-9(8(2)15-14-7)6-16-11-3-4-13-5-10(11)12/h3-5H,6,12H2,1-2H3. The minimum Gasteiger partial charge on any atom is -0.397 e. The predicted octanol–water partition coefficient (Wildman–Crippen LogP) is 2.56. The Morgan fingerprint density at radius 2 is 2.25 bits per heavy atom. The van der Waals surface area contributed by atoms with Gasteiger partial charge in [0.05, 0.1) is 17.6 Å². The summed E-state index contributed by atoms with van der Waals surface area (Å²) in [5.41, 5.74) is 8.60. The molecule has 0 spiro atoms. The molecule has 0 unspecified atom stereocenters. The average Bonchev–Trinajstić information content (AvgIpc) is 2.58. The normalized spacial score (nSPS) is 10.6. The molecule has 0 aliphatic rings. The van der Waals surface area contributed by atoms with E-state index in [9.17, 15) is 0 Å². The van der Waals surface area contributed by atoms with Crippen LogP contribution in [0.2, 0.25) is 0 Å². The molecule has 0 aliphatic carbocycles. The van der Waals surface area contributed by atoms with Gasteiger partial charge in [0, 0.05) is 22.4 Å². The number of nitrogens with zero attached hydrogens (tertiary/aromatic N) is 2. The van der Waals surface area contributed by atoms with Crippen molar-refractivity contribution in [2.24, 2.45) is 0 Å². The van der Waals surface area contributed by atoms with Crippen molar-refractivity contribution in [3.8, 4) is 0 Å². The number of thioether (sulfide) groups is 1. The van der Waals surface area contributed by atoms with Crippen LogP contribution in [-0.2, 0) is 5.75 Å². The minimum absolute atomic E-state index is 0.708. The third-order valence-electron chi connectivity index (χ3n) is 2.36. The van der Waals surface area contributed by atoms with Gasteiger partial charge in [-0.15, -0.1) is 11.8 Å². The summed E-state index contributed by atoms with van der Waals surface area (Å²) in [5.74, 6) is 1.69. The zero-order chi connectivity index (χ0) is 11.5. The van der Waals surface area contributed by atoms with Gasteiger partial charge in [-0.3, -0.25) is 4.98 Å². The average molecular weight is 235 g/mol. The molecule has 0 aromatic carbocycles. The fourth-order valence-corrected chi connectivity index (χ4v) is 2.47. The molecule has 2 N–H and O–H groups in total. The van der Waals surface area contributed by atoms with Gasteiger partial charge in [-0.25, -0.2) is 0 Å². The molecule has 16 heavy (non-hydrogen) atoms. The van der Waals surface area contributed by atoms with Crippen LogP contribution >= 0.6 is 11.8 Å². The van der Waals surface area contributed by atoms with E-state index in [4.69, 9.17) is 10.3 Å². The second kappa shape index (κ2) is 4.57. The van der Waals surface area contributed by atoms with E-state index >= 15 is 0 Å². The van der Waals surface area contributed by atoms with Crippen LogP contribution in [0.25, 0.3) is 0 Å². The predicted molar refractivity (Wildman–Crippen MR) is 64.2 cm³/mol. The number of nitrogens with two attached hydrogens (primary N) is 1. The lowest BCUT2D eigenvalue weighted by Gasteiger charge is -2.03. The van der Waals surface area contributed by atoms with Crippen LogP contribution in [0.5, 0.6) is 0 Å². The minimum atomic E-state index is 0.708. The number of pyridine rings is 1. The highest BCUT2D eigenvalue weighted by atomic mass is 32.2. The first-order chi connectivity index (χ1) is 7.68. The van der Waals surface area contributed by atoms with Crippen LogP contribution in [0.1, 0.15) is 17.0 Å². The largest absolute Gasteiger partial charge is 0.397 e. The lowest BCUT2D eigenvalue weighted by Crippen LogP contribution is -1.91. The van der Waals surface area contributed by atoms with Crippen molar-refractivity contribution in [1.29, 1.82) is 0 Å². The van der Waals surface area contributed by atoms with Gasteiger partial charge >= 0.3 is 0 Å². The van der Waals surface area contributed by atoms with E-state index in [1.54, 1.807) is 24.2 Å². The highest BCUT2D eigenvalue weighted by molar-refractivity contribution is 7.98. The van der Waals surface area contributed by atoms with Gasteiger partial charge in [0.25, 0.3) is 0 Å². The van der Waals surface area contributed by atoms with Crippen LogP contribution in [0, 0.1) is 13.8 Å². The van der Waals surface area contributed by atoms with E-state index in [0.29, 0.717) is 5.69 Å². The quantitative estimate of drug-likeness (QED) is 0.828. The van der Waals surface area contributed by atoms with Gasteiger partial charge in [-0.05, 0) is 19.9 Å². The molecule has 0 aliphatic heterocycles. The van der Waals surface area contributed by atoms with E-state index in [0.717, 1.165) is 27.7 Å². The number of hydrogen-bond donors (Lipinski definition) is 1. The van der Waals surface area contributed by atoms with Gasteiger partial charge < -0.3 is 10.3 Å². The number of rotatable bonds is 3. The number of anilines is 1. The third-order valence-corrected chi connectivity index (χ3v) is 3.48. The molecule has 2 rings (SSSR count). The first-order valence-corrected chi connectivity index (χ1v) is 5.91. The summed E-state index contributed by atoms with van der Waals surface area (Å²) in [6.07, 6.45) is 3.40. The van der Waals surface area contributed by atoms with Gasteiger partial charge in [0.2, 0.25) is 0 Å². The number of aromatic nitrogens is 2. The molecule has 0 bridgehead atoms. The smallest absolute Gasteiger partial charge is 0.137 e. The van der Waals surface area contributed by atoms with Crippen molar-refractivity contribution < 1.29 is 4.52 Å². The Kier molecular flexibility index (Phi) is 3.14. The van der Waals surface area contributed by atoms with Crippen LogP contribution in [-0.4, -0.2) is 10.1 Å². The Hall–Kier alpha value is -1.49. The summed E-state index contributed by atoms with van der Waals surface area (Å²) in [6.45, 7) is 3.87. The Bertz CT molecular complexity index is 476. The summed E-state index contributed by atoms with van der Waals surface area (Å²) >= 11 is 1.67. The van der Waals surface area contributed by atoms with Crippen LogP contribution in [0.15, 0.2) is 27.9 Å². The maximum absolute atomic E-state index is 5.81. The molecule has 5 heteroatoms. The van der Waals surface area contributed by atoms with E-state index in [1.807, 2.05) is 19.9 Å². The van der Waals surface area contributed by atoms with Crippen molar-refractivity contribution in [2.75, 3.05) is 5.73 Å². The highest BCUT2D eigenvalue weighted by Gasteiger charge is 2.09. The molecular formula is C11H13N3OS. The first-order valence-electron chi connectivity index (χ1n) is 4.92. The zero-order valence-electron chi connectivity index (χ0n) is 9.23. The molecule has 2 aromatic heterocycles. The number of nitrogen functional groups attached to an aromatic ring is 1. The molecule has 2 heterocycles. The van der Waals surface area contributed by atoms with E-state index in [1.165, 1.54) is 0 Å². The van der Waals surface area contributed by atoms with Crippen molar-refractivity contribution >= 4 is 17.4 Å². The van der Waals surface area contributed by atoms with Gasteiger partial charge in [-0.1, -0.05) is 5.16 Å². The molecule has 0 saturated carbocycles. The van der Waals surface area contributed by atoms with E-state index in [-0.39, 0.29) is 0 Å². The van der Waals surface area contributed by atoms with Crippen LogP contribution in [0.4, 0.5) is 5.69 Å². The molecule has 84 valence electrons. The number of aryl methyl sites for hydroxylation is 2. The summed E-state index contributed by atoms with van der Waals surface area (Å²) < 4.78 is 5.11. The molecular weight excluding hydrogens is 222 g/mol. The highest BCUT2D eigenvalue weighted by Crippen LogP contribution is 2.29. The van der Waals surface area contributed by atoms with E-state index < -0.39 is 0 Å². The molecule has 0 fully saturated rings.